The van der Waals surface area contributed by atoms with E-state index >= 15 is 0 Å². The first-order valence-electron chi connectivity index (χ1n) is 18.8. The molecule has 0 aromatic heterocycles. The van der Waals surface area contributed by atoms with Gasteiger partial charge in [0, 0.05) is 18.6 Å². The van der Waals surface area contributed by atoms with Crippen molar-refractivity contribution in [2.45, 2.75) is 124 Å². The van der Waals surface area contributed by atoms with Crippen LogP contribution < -0.4 is 10.0 Å². The summed E-state index contributed by atoms with van der Waals surface area (Å²) in [5, 5.41) is 13.1. The summed E-state index contributed by atoms with van der Waals surface area (Å²) >= 11 is 0. The van der Waals surface area contributed by atoms with E-state index < -0.39 is 21.2 Å². The molecule has 5 aliphatic rings. The third-order valence-electron chi connectivity index (χ3n) is 15.6. The second-order valence-electron chi connectivity index (χ2n) is 18.2. The highest BCUT2D eigenvalue weighted by Gasteiger charge is 2.70. The van der Waals surface area contributed by atoms with Crippen molar-refractivity contribution in [3.05, 3.63) is 53.6 Å². The van der Waals surface area contributed by atoms with E-state index in [9.17, 15) is 18.3 Å². The van der Waals surface area contributed by atoms with Crippen molar-refractivity contribution in [3.63, 3.8) is 0 Å². The van der Waals surface area contributed by atoms with Crippen LogP contribution in [0, 0.1) is 51.2 Å². The van der Waals surface area contributed by atoms with Gasteiger partial charge in [-0.2, -0.15) is 0 Å². The molecule has 6 rings (SSSR count). The molecule has 5 aliphatic carbocycles. The van der Waals surface area contributed by atoms with Crippen LogP contribution in [0.25, 0.3) is 5.57 Å². The lowest BCUT2D eigenvalue weighted by Crippen LogP contribution is -2.68. The molecule has 266 valence electrons. The Kier molecular flexibility index (Phi) is 9.02. The lowest BCUT2D eigenvalue weighted by molar-refractivity contribution is -0.219. The van der Waals surface area contributed by atoms with Crippen LogP contribution in [-0.4, -0.2) is 43.4 Å². The fourth-order valence-corrected chi connectivity index (χ4v) is 13.7. The lowest BCUT2D eigenvalue weighted by atomic mass is 9.33. The minimum Gasteiger partial charge on any atom is -0.478 e. The highest BCUT2D eigenvalue weighted by atomic mass is 32.2. The van der Waals surface area contributed by atoms with Gasteiger partial charge < -0.3 is 10.4 Å². The predicted octanol–water partition coefficient (Wildman–Crippen LogP) is 8.71. The molecule has 4 fully saturated rings. The largest absolute Gasteiger partial charge is 0.478 e. The maximum absolute atomic E-state index is 12.5. The van der Waals surface area contributed by atoms with Gasteiger partial charge in [-0.25, -0.2) is 17.9 Å². The first-order valence-corrected chi connectivity index (χ1v) is 20.3. The summed E-state index contributed by atoms with van der Waals surface area (Å²) in [5.74, 6) is 1.99. The Hall–Kier alpha value is -1.96. The summed E-state index contributed by atoms with van der Waals surface area (Å²) < 4.78 is 27.8. The quantitative estimate of drug-likeness (QED) is 0.179. The average Bonchev–Trinajstić information content (AvgIpc) is 3.39. The molecule has 0 aliphatic heterocycles. The first-order chi connectivity index (χ1) is 22.3. The number of rotatable bonds is 9. The van der Waals surface area contributed by atoms with E-state index in [2.05, 4.69) is 64.2 Å². The number of allylic oxidation sites excluding steroid dienone is 3. The van der Waals surface area contributed by atoms with Crippen LogP contribution in [0.15, 0.2) is 42.5 Å². The number of carbonyl (C=O) groups is 1. The zero-order valence-electron chi connectivity index (χ0n) is 30.9. The van der Waals surface area contributed by atoms with Crippen LogP contribution in [0.1, 0.15) is 129 Å². The molecule has 9 atom stereocenters. The summed E-state index contributed by atoms with van der Waals surface area (Å²) in [6.07, 6.45) is 13.3. The molecular formula is C41H62N2O4S. The van der Waals surface area contributed by atoms with E-state index in [0.717, 1.165) is 24.8 Å². The molecule has 1 aromatic carbocycles. The SMILES string of the molecule is C=C(C)[C@@H]1CC[C@]2(NCCNS(=O)(=O)C(C)C)CC[C@]3(C)[C@H](CCC4[C@@]5(C)CC=C(c6ccc(C(=O)O)cc6)C(C)(C)C5CC[C@]43C)C12. The van der Waals surface area contributed by atoms with Crippen LogP contribution in [0.5, 0.6) is 0 Å². The van der Waals surface area contributed by atoms with E-state index in [0.29, 0.717) is 48.2 Å². The molecule has 48 heavy (non-hydrogen) atoms. The minimum atomic E-state index is -3.28. The highest BCUT2D eigenvalue weighted by Crippen LogP contribution is 2.76. The fourth-order valence-electron chi connectivity index (χ4n) is 13.0. The first kappa shape index (κ1) is 35.9. The van der Waals surface area contributed by atoms with Crippen LogP contribution in [0.3, 0.4) is 0 Å². The van der Waals surface area contributed by atoms with Crippen molar-refractivity contribution in [2.24, 2.45) is 51.2 Å². The summed E-state index contributed by atoms with van der Waals surface area (Å²) in [7, 11) is -3.28. The molecule has 3 unspecified atom stereocenters. The van der Waals surface area contributed by atoms with Gasteiger partial charge in [0.1, 0.15) is 0 Å². The number of nitrogens with one attached hydrogen (secondary N) is 2. The number of fused-ring (bicyclic) bond motifs is 7. The van der Waals surface area contributed by atoms with Crippen molar-refractivity contribution in [3.8, 4) is 0 Å². The summed E-state index contributed by atoms with van der Waals surface area (Å²) in [5.41, 5.74) is 4.93. The Labute approximate surface area is 291 Å². The fraction of sp³-hybridized carbons (Fsp3) is 0.732. The van der Waals surface area contributed by atoms with Crippen LogP contribution >= 0.6 is 0 Å². The number of aromatic carboxylic acids is 1. The van der Waals surface area contributed by atoms with E-state index in [1.165, 1.54) is 49.7 Å². The molecule has 0 heterocycles. The van der Waals surface area contributed by atoms with Gasteiger partial charge in [0.15, 0.2) is 0 Å². The van der Waals surface area contributed by atoms with Gasteiger partial charge in [-0.05, 0) is 153 Å². The minimum absolute atomic E-state index is 0.00392. The second kappa shape index (κ2) is 12.1. The Balaban J connectivity index is 1.28. The van der Waals surface area contributed by atoms with Crippen LogP contribution in [0.4, 0.5) is 0 Å². The third kappa shape index (κ3) is 5.30. The van der Waals surface area contributed by atoms with Crippen LogP contribution in [-0.2, 0) is 10.0 Å². The average molecular weight is 679 g/mol. The van der Waals surface area contributed by atoms with Crippen molar-refractivity contribution in [1.29, 1.82) is 0 Å². The van der Waals surface area contributed by atoms with Crippen molar-refractivity contribution >= 4 is 21.6 Å². The topological polar surface area (TPSA) is 95.5 Å². The summed E-state index contributed by atoms with van der Waals surface area (Å²) in [4.78, 5) is 11.5. The van der Waals surface area contributed by atoms with Gasteiger partial charge in [0.05, 0.1) is 10.8 Å². The van der Waals surface area contributed by atoms with E-state index in [-0.39, 0.29) is 27.2 Å². The molecule has 6 nitrogen and oxygen atoms in total. The highest BCUT2D eigenvalue weighted by molar-refractivity contribution is 7.90. The van der Waals surface area contributed by atoms with Gasteiger partial charge in [-0.1, -0.05) is 65.0 Å². The summed E-state index contributed by atoms with van der Waals surface area (Å²) in [6, 6.07) is 7.54. The Morgan fingerprint density at radius 3 is 2.23 bits per heavy atom. The second-order valence-corrected chi connectivity index (χ2v) is 20.5. The Morgan fingerprint density at radius 1 is 0.917 bits per heavy atom. The number of benzene rings is 1. The zero-order valence-corrected chi connectivity index (χ0v) is 31.7. The van der Waals surface area contributed by atoms with Gasteiger partial charge in [0.2, 0.25) is 10.0 Å². The van der Waals surface area contributed by atoms with Gasteiger partial charge in [0.25, 0.3) is 0 Å². The molecule has 0 amide bonds. The third-order valence-corrected chi connectivity index (χ3v) is 17.5. The van der Waals surface area contributed by atoms with Crippen molar-refractivity contribution < 1.29 is 18.3 Å². The molecule has 0 bridgehead atoms. The zero-order chi connectivity index (χ0) is 35.1. The van der Waals surface area contributed by atoms with E-state index in [4.69, 9.17) is 0 Å². The number of hydrogen-bond acceptors (Lipinski definition) is 4. The number of hydrogen-bond donors (Lipinski definition) is 3. The standard InChI is InChI=1S/C41H62N2O4S/c1-26(2)30-16-21-41(42-24-25-43-48(46,47)27(3)4)23-22-39(8)32(35(30)41)14-15-34-38(7)19-17-31(28-10-12-29(13-11-28)36(44)45)37(5,6)33(38)18-20-40(34,39)9/h10-13,17,27,30,32-35,42-43H,1,14-16,18-25H2,2-9H3,(H,44,45)/t30-,32+,33?,34?,35?,38-,39+,40+,41-/m0/s1. The maximum Gasteiger partial charge on any atom is 0.335 e. The summed E-state index contributed by atoms with van der Waals surface area (Å²) in [6.45, 7) is 24.2. The van der Waals surface area contributed by atoms with Gasteiger partial charge >= 0.3 is 5.97 Å². The smallest absolute Gasteiger partial charge is 0.335 e. The number of carboxylic acid groups (broad SMARTS) is 1. The molecule has 4 saturated carbocycles. The van der Waals surface area contributed by atoms with Gasteiger partial charge in [-0.15, -0.1) is 0 Å². The van der Waals surface area contributed by atoms with Gasteiger partial charge in [-0.3, -0.25) is 0 Å². The molecule has 0 radical (unpaired) electrons. The molecule has 7 heteroatoms. The molecular weight excluding hydrogens is 617 g/mol. The molecule has 3 N–H and O–H groups in total. The molecule has 1 aromatic rings. The van der Waals surface area contributed by atoms with Crippen LogP contribution in [0.2, 0.25) is 0 Å². The van der Waals surface area contributed by atoms with E-state index in [1.807, 2.05) is 12.1 Å². The predicted molar refractivity (Wildman–Crippen MR) is 196 cm³/mol. The lowest BCUT2D eigenvalue weighted by Gasteiger charge is -2.72. The normalized spacial score (nSPS) is 40.3. The molecule has 0 spiro atoms. The number of carboxylic acids is 1. The maximum atomic E-state index is 12.5. The van der Waals surface area contributed by atoms with Crippen molar-refractivity contribution in [1.82, 2.24) is 10.0 Å². The monoisotopic (exact) mass is 678 g/mol. The number of sulfonamides is 1. The Morgan fingerprint density at radius 2 is 1.60 bits per heavy atom. The molecule has 0 saturated heterocycles. The van der Waals surface area contributed by atoms with Crippen molar-refractivity contribution in [2.75, 3.05) is 13.1 Å². The Bertz CT molecular complexity index is 1580. The van der Waals surface area contributed by atoms with E-state index in [1.54, 1.807) is 26.0 Å².